The zero-order valence-corrected chi connectivity index (χ0v) is 15.9. The van der Waals surface area contributed by atoms with Crippen molar-refractivity contribution >= 4 is 28.4 Å². The van der Waals surface area contributed by atoms with E-state index in [1.54, 1.807) is 23.8 Å². The lowest BCUT2D eigenvalue weighted by atomic mass is 9.70. The van der Waals surface area contributed by atoms with Gasteiger partial charge in [-0.1, -0.05) is 24.3 Å². The van der Waals surface area contributed by atoms with Gasteiger partial charge >= 0.3 is 0 Å². The van der Waals surface area contributed by atoms with E-state index in [9.17, 15) is 9.59 Å². The molecule has 5 rings (SSSR count). The van der Waals surface area contributed by atoms with Gasteiger partial charge in [0, 0.05) is 17.5 Å². The molecule has 1 aromatic heterocycles. The number of rotatable bonds is 2. The lowest BCUT2D eigenvalue weighted by molar-refractivity contribution is -0.126. The highest BCUT2D eigenvalue weighted by atomic mass is 16.5. The molecule has 6 nitrogen and oxygen atoms in total. The normalized spacial score (nSPS) is 20.9. The minimum Gasteiger partial charge on any atom is -0.310 e. The number of nitrogens with zero attached hydrogens (tertiary/aromatic N) is 2. The van der Waals surface area contributed by atoms with E-state index in [4.69, 9.17) is 5.21 Å². The number of anilines is 1. The standard InChI is InChI=1S/C23H21N3O3/c27-21(25-29)17-6-5-15-7-8-23(13-18(15)11-17)9-10-26(22(23)28)19-12-16-3-1-2-4-20(16)24-14-19/h1-6,11-12,14,29H,7-10,13H2,(H,25,27)/t23-/m0/s1. The summed E-state index contributed by atoms with van der Waals surface area (Å²) in [6.45, 7) is 0.672. The van der Waals surface area contributed by atoms with Crippen LogP contribution in [0.25, 0.3) is 10.9 Å². The first-order valence-electron chi connectivity index (χ1n) is 9.83. The van der Waals surface area contributed by atoms with Crippen molar-refractivity contribution in [2.24, 2.45) is 5.41 Å². The molecule has 0 bridgehead atoms. The van der Waals surface area contributed by atoms with E-state index in [0.717, 1.165) is 41.4 Å². The van der Waals surface area contributed by atoms with Crippen molar-refractivity contribution in [2.45, 2.75) is 25.7 Å². The molecule has 1 saturated heterocycles. The van der Waals surface area contributed by atoms with Gasteiger partial charge < -0.3 is 4.90 Å². The van der Waals surface area contributed by atoms with Crippen LogP contribution < -0.4 is 10.4 Å². The summed E-state index contributed by atoms with van der Waals surface area (Å²) < 4.78 is 0. The fourth-order valence-electron chi connectivity index (χ4n) is 4.74. The largest absolute Gasteiger partial charge is 0.310 e. The predicted octanol–water partition coefficient (Wildman–Crippen LogP) is 3.27. The number of pyridine rings is 1. The molecule has 1 atom stereocenters. The van der Waals surface area contributed by atoms with Crippen LogP contribution >= 0.6 is 0 Å². The first kappa shape index (κ1) is 17.8. The highest BCUT2D eigenvalue weighted by Gasteiger charge is 2.48. The fourth-order valence-corrected chi connectivity index (χ4v) is 4.74. The highest BCUT2D eigenvalue weighted by molar-refractivity contribution is 6.01. The van der Waals surface area contributed by atoms with Crippen molar-refractivity contribution in [3.8, 4) is 0 Å². The SMILES string of the molecule is O=C(NO)c1ccc2c(c1)C[C@]1(CC2)CCN(c2cnc3ccccc3c2)C1=O. The smallest absolute Gasteiger partial charge is 0.274 e. The Morgan fingerprint density at radius 3 is 2.83 bits per heavy atom. The molecular formula is C23H21N3O3. The number of carbonyl (C=O) groups excluding carboxylic acids is 2. The third-order valence-corrected chi connectivity index (χ3v) is 6.37. The second-order valence-corrected chi connectivity index (χ2v) is 7.97. The summed E-state index contributed by atoms with van der Waals surface area (Å²) in [5, 5.41) is 9.93. The number of nitrogens with one attached hydrogen (secondary N) is 1. The Balaban J connectivity index is 1.45. The first-order chi connectivity index (χ1) is 14.1. The average Bonchev–Trinajstić information content (AvgIpc) is 3.07. The van der Waals surface area contributed by atoms with Crippen LogP contribution in [0, 0.1) is 5.41 Å². The molecule has 1 aliphatic heterocycles. The Morgan fingerprint density at radius 1 is 1.10 bits per heavy atom. The molecule has 0 radical (unpaired) electrons. The Labute approximate surface area is 168 Å². The van der Waals surface area contributed by atoms with Crippen molar-refractivity contribution in [1.82, 2.24) is 10.5 Å². The van der Waals surface area contributed by atoms with E-state index in [1.165, 1.54) is 5.56 Å². The number of amides is 2. The molecular weight excluding hydrogens is 366 g/mol. The maximum atomic E-state index is 13.5. The van der Waals surface area contributed by atoms with E-state index < -0.39 is 11.3 Å². The number of hydrogen-bond acceptors (Lipinski definition) is 4. The summed E-state index contributed by atoms with van der Waals surface area (Å²) in [7, 11) is 0. The lowest BCUT2D eigenvalue weighted by Crippen LogP contribution is -2.39. The van der Waals surface area contributed by atoms with Crippen LogP contribution in [0.1, 0.15) is 34.3 Å². The van der Waals surface area contributed by atoms with Gasteiger partial charge in [-0.05, 0) is 61.1 Å². The second kappa shape index (κ2) is 6.67. The summed E-state index contributed by atoms with van der Waals surface area (Å²) in [6, 6.07) is 15.4. The Morgan fingerprint density at radius 2 is 1.97 bits per heavy atom. The number of benzene rings is 2. The second-order valence-electron chi connectivity index (χ2n) is 7.97. The molecule has 1 fully saturated rings. The number of aryl methyl sites for hydroxylation is 1. The minimum atomic E-state index is -0.533. The summed E-state index contributed by atoms with van der Waals surface area (Å²) >= 11 is 0. The molecule has 0 saturated carbocycles. The molecule has 3 aromatic rings. The van der Waals surface area contributed by atoms with Crippen LogP contribution in [0.15, 0.2) is 54.7 Å². The quantitative estimate of drug-likeness (QED) is 0.522. The minimum absolute atomic E-state index is 0.136. The number of fused-ring (bicyclic) bond motifs is 2. The van der Waals surface area contributed by atoms with Crippen molar-refractivity contribution < 1.29 is 14.8 Å². The van der Waals surface area contributed by atoms with Gasteiger partial charge in [0.2, 0.25) is 5.91 Å². The number of aromatic nitrogens is 1. The van der Waals surface area contributed by atoms with Gasteiger partial charge in [-0.15, -0.1) is 0 Å². The molecule has 1 aliphatic carbocycles. The maximum absolute atomic E-state index is 13.5. The number of para-hydroxylation sites is 1. The predicted molar refractivity (Wildman–Crippen MR) is 109 cm³/mol. The van der Waals surface area contributed by atoms with Gasteiger partial charge in [0.25, 0.3) is 5.91 Å². The Hall–Kier alpha value is -3.25. The Bertz CT molecular complexity index is 1140. The lowest BCUT2D eigenvalue weighted by Gasteiger charge is -2.33. The van der Waals surface area contributed by atoms with E-state index in [-0.39, 0.29) is 5.91 Å². The first-order valence-corrected chi connectivity index (χ1v) is 9.83. The van der Waals surface area contributed by atoms with E-state index >= 15 is 0 Å². The molecule has 29 heavy (non-hydrogen) atoms. The zero-order chi connectivity index (χ0) is 20.0. The van der Waals surface area contributed by atoms with Crippen molar-refractivity contribution in [1.29, 1.82) is 0 Å². The van der Waals surface area contributed by atoms with Gasteiger partial charge in [-0.25, -0.2) is 5.48 Å². The zero-order valence-electron chi connectivity index (χ0n) is 15.9. The van der Waals surface area contributed by atoms with Gasteiger partial charge in [0.1, 0.15) is 0 Å². The third-order valence-electron chi connectivity index (χ3n) is 6.37. The third kappa shape index (κ3) is 2.87. The van der Waals surface area contributed by atoms with Crippen LogP contribution in [-0.2, 0) is 17.6 Å². The summed E-state index contributed by atoms with van der Waals surface area (Å²) in [5.74, 6) is -0.397. The molecule has 2 heterocycles. The molecule has 2 N–H and O–H groups in total. The van der Waals surface area contributed by atoms with Crippen LogP contribution in [-0.4, -0.2) is 28.6 Å². The molecule has 2 amide bonds. The number of hydrogen-bond donors (Lipinski definition) is 2. The topological polar surface area (TPSA) is 82.5 Å². The van der Waals surface area contributed by atoms with Crippen LogP contribution in [0.4, 0.5) is 5.69 Å². The van der Waals surface area contributed by atoms with E-state index in [1.807, 2.05) is 41.3 Å². The summed E-state index contributed by atoms with van der Waals surface area (Å²) in [4.78, 5) is 31.6. The van der Waals surface area contributed by atoms with Crippen LogP contribution in [0.2, 0.25) is 0 Å². The average molecular weight is 387 g/mol. The number of carbonyl (C=O) groups is 2. The molecule has 0 unspecified atom stereocenters. The molecule has 6 heteroatoms. The molecule has 146 valence electrons. The Kier molecular flexibility index (Phi) is 4.10. The number of hydroxylamine groups is 1. The van der Waals surface area contributed by atoms with E-state index in [0.29, 0.717) is 18.5 Å². The molecule has 1 spiro atoms. The summed E-state index contributed by atoms with van der Waals surface area (Å²) in [5.41, 5.74) is 5.59. The van der Waals surface area contributed by atoms with Gasteiger partial charge in [0.15, 0.2) is 0 Å². The summed E-state index contributed by atoms with van der Waals surface area (Å²) in [6.07, 6.45) is 4.80. The van der Waals surface area contributed by atoms with Crippen molar-refractivity contribution in [3.05, 3.63) is 71.4 Å². The van der Waals surface area contributed by atoms with Crippen molar-refractivity contribution in [2.75, 3.05) is 11.4 Å². The van der Waals surface area contributed by atoms with Crippen LogP contribution in [0.5, 0.6) is 0 Å². The van der Waals surface area contributed by atoms with E-state index in [2.05, 4.69) is 4.98 Å². The maximum Gasteiger partial charge on any atom is 0.274 e. The fraction of sp³-hybridized carbons (Fsp3) is 0.261. The van der Waals surface area contributed by atoms with Crippen molar-refractivity contribution in [3.63, 3.8) is 0 Å². The van der Waals surface area contributed by atoms with Gasteiger partial charge in [-0.3, -0.25) is 19.8 Å². The van der Waals surface area contributed by atoms with Crippen LogP contribution in [0.3, 0.4) is 0 Å². The van der Waals surface area contributed by atoms with Gasteiger partial charge in [0.05, 0.1) is 22.8 Å². The highest BCUT2D eigenvalue weighted by Crippen LogP contribution is 2.45. The molecule has 2 aliphatic rings. The van der Waals surface area contributed by atoms with Gasteiger partial charge in [-0.2, -0.15) is 0 Å². The monoisotopic (exact) mass is 387 g/mol. The molecule has 2 aromatic carbocycles.